The van der Waals surface area contributed by atoms with Crippen molar-refractivity contribution < 1.29 is 21.2 Å². The molecular weight excluding hydrogens is 433 g/mol. The number of sulfone groups is 1. The highest BCUT2D eigenvalue weighted by Crippen LogP contribution is 2.28. The van der Waals surface area contributed by atoms with Gasteiger partial charge >= 0.3 is 0 Å². The highest BCUT2D eigenvalue weighted by molar-refractivity contribution is 9.10. The molecule has 2 rings (SSSR count). The van der Waals surface area contributed by atoms with Gasteiger partial charge in [-0.2, -0.15) is 0 Å². The van der Waals surface area contributed by atoms with Crippen LogP contribution < -0.4 is 4.31 Å². The average molecular weight is 450 g/mol. The molecule has 2 aromatic rings. The molecule has 136 valence electrons. The van der Waals surface area contributed by atoms with Gasteiger partial charge in [-0.3, -0.25) is 4.31 Å². The van der Waals surface area contributed by atoms with Gasteiger partial charge < -0.3 is 0 Å². The Bertz CT molecular complexity index is 944. The molecule has 9 heteroatoms. The van der Waals surface area contributed by atoms with Gasteiger partial charge in [-0.05, 0) is 58.7 Å². The molecule has 0 bridgehead atoms. The molecule has 0 heterocycles. The van der Waals surface area contributed by atoms with Crippen LogP contribution in [0.3, 0.4) is 0 Å². The maximum Gasteiger partial charge on any atom is 0.232 e. The summed E-state index contributed by atoms with van der Waals surface area (Å²) >= 11 is 3.30. The number of halogens is 2. The Hall–Kier alpha value is -1.45. The molecule has 0 N–H and O–H groups in total. The van der Waals surface area contributed by atoms with Crippen LogP contribution in [0.2, 0.25) is 0 Å². The van der Waals surface area contributed by atoms with E-state index in [0.29, 0.717) is 10.2 Å². The summed E-state index contributed by atoms with van der Waals surface area (Å²) in [6.07, 6.45) is 1.18. The molecule has 0 spiro atoms. The van der Waals surface area contributed by atoms with Crippen molar-refractivity contribution in [2.75, 3.05) is 22.9 Å². The zero-order chi connectivity index (χ0) is 18.7. The summed E-state index contributed by atoms with van der Waals surface area (Å²) in [7, 11) is -7.18. The highest BCUT2D eigenvalue weighted by Gasteiger charge is 2.21. The van der Waals surface area contributed by atoms with Crippen LogP contribution in [0, 0.1) is 5.82 Å². The van der Waals surface area contributed by atoms with Crippen LogP contribution in [0.4, 0.5) is 10.1 Å². The normalized spacial score (nSPS) is 12.1. The van der Waals surface area contributed by atoms with Crippen molar-refractivity contribution in [1.29, 1.82) is 0 Å². The first-order valence-electron chi connectivity index (χ1n) is 7.32. The van der Waals surface area contributed by atoms with Crippen LogP contribution in [0.15, 0.2) is 57.9 Å². The summed E-state index contributed by atoms with van der Waals surface area (Å²) in [5.74, 6) is -0.758. The summed E-state index contributed by atoms with van der Waals surface area (Å²) in [4.78, 5) is 0.0145. The second-order valence-electron chi connectivity index (χ2n) is 5.41. The summed E-state index contributed by atoms with van der Waals surface area (Å²) < 4.78 is 63.4. The molecule has 25 heavy (non-hydrogen) atoms. The molecule has 0 fully saturated rings. The number of benzene rings is 2. The zero-order valence-electron chi connectivity index (χ0n) is 13.4. The van der Waals surface area contributed by atoms with E-state index in [4.69, 9.17) is 0 Å². The van der Waals surface area contributed by atoms with Gasteiger partial charge in [0, 0.05) is 11.0 Å². The number of rotatable bonds is 7. The van der Waals surface area contributed by atoms with Crippen molar-refractivity contribution in [3.8, 4) is 0 Å². The van der Waals surface area contributed by atoms with Crippen molar-refractivity contribution >= 4 is 41.5 Å². The summed E-state index contributed by atoms with van der Waals surface area (Å²) in [6, 6.07) is 11.4. The van der Waals surface area contributed by atoms with E-state index >= 15 is 0 Å². The second-order valence-corrected chi connectivity index (χ2v) is 10.3. The lowest BCUT2D eigenvalue weighted by Crippen LogP contribution is -2.32. The molecule has 0 saturated heterocycles. The van der Waals surface area contributed by atoms with Gasteiger partial charge in [-0.15, -0.1) is 0 Å². The lowest BCUT2D eigenvalue weighted by Gasteiger charge is -2.23. The van der Waals surface area contributed by atoms with Crippen molar-refractivity contribution in [1.82, 2.24) is 0 Å². The maximum atomic E-state index is 12.9. The highest BCUT2D eigenvalue weighted by atomic mass is 79.9. The SMILES string of the molecule is CS(=O)(=O)N(CCCS(=O)(=O)c1ccc(F)cc1)c1ccccc1Br. The Morgan fingerprint density at radius 1 is 1.00 bits per heavy atom. The standard InChI is InChI=1S/C16H17BrFNO4S2/c1-24(20,21)19(16-6-3-2-5-15(16)17)11-4-12-25(22,23)14-9-7-13(18)8-10-14/h2-3,5-10H,4,11-12H2,1H3. The van der Waals surface area contributed by atoms with E-state index in [0.717, 1.165) is 22.7 Å². The molecule has 0 saturated carbocycles. The van der Waals surface area contributed by atoms with E-state index in [1.54, 1.807) is 24.3 Å². The molecule has 0 unspecified atom stereocenters. The maximum absolute atomic E-state index is 12.9. The van der Waals surface area contributed by atoms with Gasteiger partial charge in [-0.25, -0.2) is 21.2 Å². The molecule has 0 atom stereocenters. The molecule has 0 aliphatic heterocycles. The Labute approximate surface area is 155 Å². The first-order chi connectivity index (χ1) is 11.6. The lowest BCUT2D eigenvalue weighted by atomic mass is 10.3. The van der Waals surface area contributed by atoms with E-state index in [9.17, 15) is 21.2 Å². The minimum Gasteiger partial charge on any atom is -0.269 e. The third-order valence-corrected chi connectivity index (χ3v) is 7.14. The quantitative estimate of drug-likeness (QED) is 0.608. The van der Waals surface area contributed by atoms with E-state index in [2.05, 4.69) is 15.9 Å². The van der Waals surface area contributed by atoms with Crippen molar-refractivity contribution in [3.05, 3.63) is 58.8 Å². The molecule has 2 aromatic carbocycles. The molecule has 0 aliphatic carbocycles. The first kappa shape index (κ1) is 19.9. The van der Waals surface area contributed by atoms with Crippen LogP contribution in [0.1, 0.15) is 6.42 Å². The third-order valence-electron chi connectivity index (χ3n) is 3.47. The first-order valence-corrected chi connectivity index (χ1v) is 11.6. The fourth-order valence-corrected chi connectivity index (χ4v) is 5.17. The number of nitrogens with zero attached hydrogens (tertiary/aromatic N) is 1. The number of hydrogen-bond donors (Lipinski definition) is 0. The minimum atomic E-state index is -3.61. The zero-order valence-corrected chi connectivity index (χ0v) is 16.6. The van der Waals surface area contributed by atoms with Gasteiger partial charge in [0.15, 0.2) is 9.84 Å². The Kier molecular flexibility index (Phi) is 6.23. The predicted molar refractivity (Wildman–Crippen MR) is 99.4 cm³/mol. The van der Waals surface area contributed by atoms with Crippen LogP contribution in [0.25, 0.3) is 0 Å². The Morgan fingerprint density at radius 2 is 1.60 bits per heavy atom. The fraction of sp³-hybridized carbons (Fsp3) is 0.250. The lowest BCUT2D eigenvalue weighted by molar-refractivity contribution is 0.587. The van der Waals surface area contributed by atoms with Crippen molar-refractivity contribution in [3.63, 3.8) is 0 Å². The topological polar surface area (TPSA) is 71.5 Å². The van der Waals surface area contributed by atoms with E-state index in [1.807, 2.05) is 0 Å². The van der Waals surface area contributed by atoms with Gasteiger partial charge in [0.05, 0.1) is 22.6 Å². The minimum absolute atomic E-state index is 0.0145. The second kappa shape index (κ2) is 7.84. The van der Waals surface area contributed by atoms with Crippen LogP contribution in [0.5, 0.6) is 0 Å². The van der Waals surface area contributed by atoms with Gasteiger partial charge in [0.2, 0.25) is 10.0 Å². The fourth-order valence-electron chi connectivity index (χ4n) is 2.28. The molecule has 0 radical (unpaired) electrons. The Morgan fingerprint density at radius 3 is 2.16 bits per heavy atom. The van der Waals surface area contributed by atoms with Gasteiger partial charge in [-0.1, -0.05) is 12.1 Å². The van der Waals surface area contributed by atoms with Crippen LogP contribution in [-0.4, -0.2) is 35.4 Å². The van der Waals surface area contributed by atoms with E-state index in [1.165, 1.54) is 12.1 Å². The van der Waals surface area contributed by atoms with Crippen LogP contribution >= 0.6 is 15.9 Å². The van der Waals surface area contributed by atoms with Crippen LogP contribution in [-0.2, 0) is 19.9 Å². The average Bonchev–Trinajstić information content (AvgIpc) is 2.52. The number of hydrogen-bond acceptors (Lipinski definition) is 4. The summed E-state index contributed by atoms with van der Waals surface area (Å²) in [5, 5.41) is 0. The third kappa shape index (κ3) is 5.26. The predicted octanol–water partition coefficient (Wildman–Crippen LogP) is 3.22. The van der Waals surface area contributed by atoms with Crippen molar-refractivity contribution in [2.24, 2.45) is 0 Å². The molecule has 0 aliphatic rings. The summed E-state index contributed by atoms with van der Waals surface area (Å²) in [6.45, 7) is 0.0157. The number of anilines is 1. The Balaban J connectivity index is 2.14. The molecular formula is C16H17BrFNO4S2. The van der Waals surface area contributed by atoms with Gasteiger partial charge in [0.1, 0.15) is 5.82 Å². The molecule has 5 nitrogen and oxygen atoms in total. The smallest absolute Gasteiger partial charge is 0.232 e. The van der Waals surface area contributed by atoms with Crippen molar-refractivity contribution in [2.45, 2.75) is 11.3 Å². The molecule has 0 aromatic heterocycles. The number of para-hydroxylation sites is 1. The monoisotopic (exact) mass is 449 g/mol. The molecule has 0 amide bonds. The largest absolute Gasteiger partial charge is 0.269 e. The van der Waals surface area contributed by atoms with Gasteiger partial charge in [0.25, 0.3) is 0 Å². The van der Waals surface area contributed by atoms with E-state index in [-0.39, 0.29) is 23.6 Å². The summed E-state index contributed by atoms with van der Waals surface area (Å²) in [5.41, 5.74) is 0.448. The number of sulfonamides is 1. The van der Waals surface area contributed by atoms with E-state index < -0.39 is 25.7 Å².